The quantitative estimate of drug-likeness (QED) is 0.756. The maximum absolute atomic E-state index is 12.0. The van der Waals surface area contributed by atoms with Crippen molar-refractivity contribution in [1.29, 1.82) is 0 Å². The van der Waals surface area contributed by atoms with E-state index >= 15 is 0 Å². The van der Waals surface area contributed by atoms with Crippen LogP contribution in [0.3, 0.4) is 0 Å². The van der Waals surface area contributed by atoms with Gasteiger partial charge in [-0.1, -0.05) is 29.3 Å². The molecule has 22 heavy (non-hydrogen) atoms. The Morgan fingerprint density at radius 3 is 2.23 bits per heavy atom. The lowest BCUT2D eigenvalue weighted by Crippen LogP contribution is -2.24. The molecule has 2 aromatic carbocycles. The fraction of sp³-hybridized carbons (Fsp3) is 0.250. The van der Waals surface area contributed by atoms with Gasteiger partial charge in [0.2, 0.25) is 0 Å². The van der Waals surface area contributed by atoms with Gasteiger partial charge in [0.15, 0.2) is 0 Å². The standard InChI is InChI=1S/C16H18ClNO3S/c1-13-3-9-16(10-4-13)22(19,20)21-12-11-18(2)15-7-5-14(17)6-8-15/h3-10H,11-12H2,1-2H3. The Bertz CT molecular complexity index is 712. The molecule has 0 fully saturated rings. The SMILES string of the molecule is Cc1ccc(S(=O)(=O)OCCN(C)c2ccc(Cl)cc2)cc1. The van der Waals surface area contributed by atoms with Crippen LogP contribution < -0.4 is 4.90 Å². The van der Waals surface area contributed by atoms with Crippen molar-refractivity contribution in [2.45, 2.75) is 11.8 Å². The number of halogens is 1. The van der Waals surface area contributed by atoms with Crippen LogP contribution in [0.1, 0.15) is 5.56 Å². The molecule has 2 aromatic rings. The zero-order valence-corrected chi connectivity index (χ0v) is 14.1. The Balaban J connectivity index is 1.92. The molecule has 0 aliphatic heterocycles. The summed E-state index contributed by atoms with van der Waals surface area (Å²) in [4.78, 5) is 2.08. The van der Waals surface area contributed by atoms with Gasteiger partial charge >= 0.3 is 0 Å². The molecule has 0 aliphatic carbocycles. The molecule has 0 saturated carbocycles. The molecule has 0 spiro atoms. The molecule has 0 heterocycles. The van der Waals surface area contributed by atoms with Gasteiger partial charge in [0.05, 0.1) is 11.5 Å². The van der Waals surface area contributed by atoms with E-state index in [0.29, 0.717) is 11.6 Å². The van der Waals surface area contributed by atoms with Gasteiger partial charge in [-0.05, 0) is 43.3 Å². The third-order valence-corrected chi connectivity index (χ3v) is 4.82. The van der Waals surface area contributed by atoms with Crippen LogP contribution in [0.2, 0.25) is 5.02 Å². The van der Waals surface area contributed by atoms with Gasteiger partial charge in [-0.15, -0.1) is 0 Å². The average Bonchev–Trinajstić information content (AvgIpc) is 2.48. The Hall–Kier alpha value is -1.56. The third-order valence-electron chi connectivity index (χ3n) is 3.24. The van der Waals surface area contributed by atoms with E-state index in [1.807, 2.05) is 31.0 Å². The number of anilines is 1. The minimum absolute atomic E-state index is 0.0787. The van der Waals surface area contributed by atoms with E-state index in [1.54, 1.807) is 36.4 Å². The Kier molecular flexibility index (Phi) is 5.45. The molecule has 2 rings (SSSR count). The van der Waals surface area contributed by atoms with Crippen molar-refractivity contribution in [3.05, 3.63) is 59.1 Å². The topological polar surface area (TPSA) is 46.6 Å². The summed E-state index contributed by atoms with van der Waals surface area (Å²) in [5.41, 5.74) is 1.95. The van der Waals surface area contributed by atoms with Gasteiger partial charge in [-0.25, -0.2) is 0 Å². The van der Waals surface area contributed by atoms with E-state index < -0.39 is 10.1 Å². The minimum Gasteiger partial charge on any atom is -0.372 e. The first-order chi connectivity index (χ1) is 10.4. The van der Waals surface area contributed by atoms with Gasteiger partial charge in [0.1, 0.15) is 0 Å². The molecular formula is C16H18ClNO3S. The summed E-state index contributed by atoms with van der Waals surface area (Å²) in [5, 5.41) is 0.662. The first-order valence-electron chi connectivity index (χ1n) is 6.81. The van der Waals surface area contributed by atoms with Crippen LogP contribution in [0.15, 0.2) is 53.4 Å². The lowest BCUT2D eigenvalue weighted by Gasteiger charge is -2.19. The zero-order chi connectivity index (χ0) is 16.2. The molecule has 4 nitrogen and oxygen atoms in total. The molecule has 0 atom stereocenters. The maximum atomic E-state index is 12.0. The van der Waals surface area contributed by atoms with Crippen molar-refractivity contribution in [2.24, 2.45) is 0 Å². The second-order valence-corrected chi connectivity index (χ2v) is 7.04. The summed E-state index contributed by atoms with van der Waals surface area (Å²) in [5.74, 6) is 0. The number of nitrogens with zero attached hydrogens (tertiary/aromatic N) is 1. The smallest absolute Gasteiger partial charge is 0.297 e. The zero-order valence-electron chi connectivity index (χ0n) is 12.5. The number of likely N-dealkylation sites (N-methyl/N-ethyl adjacent to an activating group) is 1. The maximum Gasteiger partial charge on any atom is 0.297 e. The fourth-order valence-corrected chi connectivity index (χ4v) is 2.91. The normalized spacial score (nSPS) is 11.4. The molecule has 0 saturated heterocycles. The van der Waals surface area contributed by atoms with Crippen molar-refractivity contribution < 1.29 is 12.6 Å². The van der Waals surface area contributed by atoms with Gasteiger partial charge in [0, 0.05) is 24.3 Å². The summed E-state index contributed by atoms with van der Waals surface area (Å²) in [7, 11) is -1.84. The highest BCUT2D eigenvalue weighted by molar-refractivity contribution is 7.86. The molecule has 0 unspecified atom stereocenters. The van der Waals surface area contributed by atoms with Crippen LogP contribution >= 0.6 is 11.6 Å². The van der Waals surface area contributed by atoms with E-state index in [2.05, 4.69) is 0 Å². The van der Waals surface area contributed by atoms with Crippen LogP contribution in [0.5, 0.6) is 0 Å². The van der Waals surface area contributed by atoms with E-state index in [-0.39, 0.29) is 11.5 Å². The Morgan fingerprint density at radius 1 is 1.05 bits per heavy atom. The van der Waals surface area contributed by atoms with Crippen molar-refractivity contribution in [3.8, 4) is 0 Å². The van der Waals surface area contributed by atoms with Gasteiger partial charge < -0.3 is 4.90 Å². The van der Waals surface area contributed by atoms with Gasteiger partial charge in [-0.3, -0.25) is 4.18 Å². The summed E-state index contributed by atoms with van der Waals surface area (Å²) in [6.07, 6.45) is 0. The largest absolute Gasteiger partial charge is 0.372 e. The first kappa shape index (κ1) is 16.8. The molecule has 0 amide bonds. The summed E-state index contributed by atoms with van der Waals surface area (Å²) < 4.78 is 29.2. The van der Waals surface area contributed by atoms with E-state index in [0.717, 1.165) is 11.3 Å². The molecular weight excluding hydrogens is 322 g/mol. The van der Waals surface area contributed by atoms with Crippen LogP contribution in [-0.2, 0) is 14.3 Å². The molecule has 0 radical (unpaired) electrons. The lowest BCUT2D eigenvalue weighted by atomic mass is 10.2. The summed E-state index contributed by atoms with van der Waals surface area (Å²) in [6.45, 7) is 2.43. The number of hydrogen-bond acceptors (Lipinski definition) is 4. The van der Waals surface area contributed by atoms with Crippen LogP contribution in [0, 0.1) is 6.92 Å². The summed E-state index contributed by atoms with van der Waals surface area (Å²) in [6, 6.07) is 13.9. The van der Waals surface area contributed by atoms with Crippen LogP contribution in [0.4, 0.5) is 5.69 Å². The van der Waals surface area contributed by atoms with Crippen molar-refractivity contribution in [2.75, 3.05) is 25.1 Å². The summed E-state index contributed by atoms with van der Waals surface area (Å²) >= 11 is 5.84. The second kappa shape index (κ2) is 7.13. The van der Waals surface area contributed by atoms with Gasteiger partial charge in [0.25, 0.3) is 10.1 Å². The van der Waals surface area contributed by atoms with E-state index in [1.165, 1.54) is 0 Å². The fourth-order valence-electron chi connectivity index (χ4n) is 1.88. The van der Waals surface area contributed by atoms with E-state index in [4.69, 9.17) is 15.8 Å². The molecule has 6 heteroatoms. The third kappa shape index (κ3) is 4.47. The molecule has 0 aliphatic rings. The second-order valence-electron chi connectivity index (χ2n) is 4.99. The highest BCUT2D eigenvalue weighted by Crippen LogP contribution is 2.17. The predicted octanol–water partition coefficient (Wildman–Crippen LogP) is 3.49. The Labute approximate surface area is 136 Å². The van der Waals surface area contributed by atoms with Crippen molar-refractivity contribution in [3.63, 3.8) is 0 Å². The van der Waals surface area contributed by atoms with Gasteiger partial charge in [-0.2, -0.15) is 8.42 Å². The number of hydrogen-bond donors (Lipinski definition) is 0. The highest BCUT2D eigenvalue weighted by Gasteiger charge is 2.15. The number of benzene rings is 2. The molecule has 118 valence electrons. The van der Waals surface area contributed by atoms with E-state index in [9.17, 15) is 8.42 Å². The molecule has 0 N–H and O–H groups in total. The number of aryl methyl sites for hydroxylation is 1. The van der Waals surface area contributed by atoms with Crippen LogP contribution in [0.25, 0.3) is 0 Å². The number of rotatable bonds is 6. The molecule has 0 bridgehead atoms. The first-order valence-corrected chi connectivity index (χ1v) is 8.60. The Morgan fingerprint density at radius 2 is 1.64 bits per heavy atom. The monoisotopic (exact) mass is 339 g/mol. The van der Waals surface area contributed by atoms with Crippen molar-refractivity contribution in [1.82, 2.24) is 0 Å². The minimum atomic E-state index is -3.71. The average molecular weight is 340 g/mol. The van der Waals surface area contributed by atoms with Crippen LogP contribution in [-0.4, -0.2) is 28.6 Å². The predicted molar refractivity (Wildman–Crippen MR) is 89.0 cm³/mol. The lowest BCUT2D eigenvalue weighted by molar-refractivity contribution is 0.325. The highest BCUT2D eigenvalue weighted by atomic mass is 35.5. The molecule has 0 aromatic heterocycles. The van der Waals surface area contributed by atoms with Crippen molar-refractivity contribution >= 4 is 27.4 Å².